The van der Waals surface area contributed by atoms with E-state index in [4.69, 9.17) is 5.26 Å². The standard InChI is InChI=1S/C13H15BrN2/c1-3-4-5-8-16(2)13-9-12(14)7-6-11(13)10-15/h3,6-7,9H,1,4-5,8H2,2H3. The average Bonchev–Trinajstić information content (AvgIpc) is 2.29. The van der Waals surface area contributed by atoms with E-state index in [1.165, 1.54) is 0 Å². The first-order valence-electron chi connectivity index (χ1n) is 5.20. The molecule has 2 nitrogen and oxygen atoms in total. The van der Waals surface area contributed by atoms with Gasteiger partial charge in [-0.15, -0.1) is 6.58 Å². The van der Waals surface area contributed by atoms with Crippen LogP contribution in [-0.4, -0.2) is 13.6 Å². The molecule has 0 bridgehead atoms. The van der Waals surface area contributed by atoms with Crippen LogP contribution in [0.2, 0.25) is 0 Å². The van der Waals surface area contributed by atoms with E-state index in [-0.39, 0.29) is 0 Å². The van der Waals surface area contributed by atoms with E-state index in [9.17, 15) is 0 Å². The van der Waals surface area contributed by atoms with Crippen molar-refractivity contribution in [3.05, 3.63) is 40.9 Å². The van der Waals surface area contributed by atoms with E-state index in [0.717, 1.165) is 29.5 Å². The van der Waals surface area contributed by atoms with Gasteiger partial charge in [-0.3, -0.25) is 0 Å². The molecule has 0 unspecified atom stereocenters. The summed E-state index contributed by atoms with van der Waals surface area (Å²) in [7, 11) is 2.01. The molecule has 1 aromatic rings. The fraction of sp³-hybridized carbons (Fsp3) is 0.308. The van der Waals surface area contributed by atoms with Crippen LogP contribution in [0.25, 0.3) is 0 Å². The second-order valence-electron chi connectivity index (χ2n) is 3.63. The van der Waals surface area contributed by atoms with Gasteiger partial charge in [0.1, 0.15) is 6.07 Å². The minimum Gasteiger partial charge on any atom is -0.373 e. The lowest BCUT2D eigenvalue weighted by molar-refractivity contribution is 0.801. The maximum Gasteiger partial charge on any atom is 0.101 e. The van der Waals surface area contributed by atoms with Crippen LogP contribution in [-0.2, 0) is 0 Å². The first-order valence-corrected chi connectivity index (χ1v) is 6.00. The number of allylic oxidation sites excluding steroid dienone is 1. The van der Waals surface area contributed by atoms with Gasteiger partial charge in [0.2, 0.25) is 0 Å². The van der Waals surface area contributed by atoms with Gasteiger partial charge in [0.15, 0.2) is 0 Å². The molecule has 0 aliphatic heterocycles. The lowest BCUT2D eigenvalue weighted by Gasteiger charge is -2.20. The van der Waals surface area contributed by atoms with Crippen LogP contribution in [0.4, 0.5) is 5.69 Å². The van der Waals surface area contributed by atoms with Crippen LogP contribution in [0, 0.1) is 11.3 Å². The third-order valence-electron chi connectivity index (χ3n) is 2.39. The molecule has 0 radical (unpaired) electrons. The summed E-state index contributed by atoms with van der Waals surface area (Å²) in [5.41, 5.74) is 1.69. The van der Waals surface area contributed by atoms with E-state index < -0.39 is 0 Å². The quantitative estimate of drug-likeness (QED) is 0.606. The molecule has 0 N–H and O–H groups in total. The van der Waals surface area contributed by atoms with E-state index in [1.807, 2.05) is 31.3 Å². The summed E-state index contributed by atoms with van der Waals surface area (Å²) in [5.74, 6) is 0. The number of hydrogen-bond acceptors (Lipinski definition) is 2. The van der Waals surface area contributed by atoms with Crippen molar-refractivity contribution in [3.8, 4) is 6.07 Å². The third kappa shape index (κ3) is 3.39. The Morgan fingerprint density at radius 2 is 2.31 bits per heavy atom. The summed E-state index contributed by atoms with van der Waals surface area (Å²) in [5, 5.41) is 9.02. The second-order valence-corrected chi connectivity index (χ2v) is 4.54. The Labute approximate surface area is 105 Å². The fourth-order valence-electron chi connectivity index (χ4n) is 1.51. The number of unbranched alkanes of at least 4 members (excludes halogenated alkanes) is 1. The number of anilines is 1. The van der Waals surface area contributed by atoms with Crippen molar-refractivity contribution in [2.45, 2.75) is 12.8 Å². The summed E-state index contributed by atoms with van der Waals surface area (Å²) >= 11 is 3.42. The Hall–Kier alpha value is -1.27. The topological polar surface area (TPSA) is 27.0 Å². The molecule has 0 heterocycles. The smallest absolute Gasteiger partial charge is 0.101 e. The Morgan fingerprint density at radius 1 is 1.56 bits per heavy atom. The molecule has 1 aromatic carbocycles. The molecule has 0 aliphatic rings. The van der Waals surface area contributed by atoms with E-state index in [2.05, 4.69) is 33.5 Å². The van der Waals surface area contributed by atoms with Gasteiger partial charge < -0.3 is 4.90 Å². The molecule has 0 aromatic heterocycles. The number of nitriles is 1. The van der Waals surface area contributed by atoms with Gasteiger partial charge in [-0.05, 0) is 31.0 Å². The molecule has 16 heavy (non-hydrogen) atoms. The molecule has 1 rings (SSSR count). The van der Waals surface area contributed by atoms with Crippen LogP contribution in [0.3, 0.4) is 0 Å². The van der Waals surface area contributed by atoms with Gasteiger partial charge in [-0.25, -0.2) is 0 Å². The Morgan fingerprint density at radius 3 is 2.94 bits per heavy atom. The monoisotopic (exact) mass is 278 g/mol. The average molecular weight is 279 g/mol. The van der Waals surface area contributed by atoms with E-state index >= 15 is 0 Å². The number of halogens is 1. The molecular formula is C13H15BrN2. The van der Waals surface area contributed by atoms with Crippen molar-refractivity contribution in [2.24, 2.45) is 0 Å². The van der Waals surface area contributed by atoms with Crippen LogP contribution in [0.5, 0.6) is 0 Å². The highest BCUT2D eigenvalue weighted by Gasteiger charge is 2.07. The van der Waals surface area contributed by atoms with Gasteiger partial charge in [0.05, 0.1) is 11.3 Å². The molecule has 0 fully saturated rings. The van der Waals surface area contributed by atoms with Crippen molar-refractivity contribution in [2.75, 3.05) is 18.5 Å². The van der Waals surface area contributed by atoms with Gasteiger partial charge >= 0.3 is 0 Å². The molecule has 0 saturated carbocycles. The van der Waals surface area contributed by atoms with Crippen molar-refractivity contribution < 1.29 is 0 Å². The van der Waals surface area contributed by atoms with Crippen LogP contribution >= 0.6 is 15.9 Å². The summed E-state index contributed by atoms with van der Waals surface area (Å²) in [6, 6.07) is 7.92. The van der Waals surface area contributed by atoms with Gasteiger partial charge in [-0.2, -0.15) is 5.26 Å². The first kappa shape index (κ1) is 12.8. The zero-order valence-corrected chi connectivity index (χ0v) is 11.0. The summed E-state index contributed by atoms with van der Waals surface area (Å²) in [4.78, 5) is 2.10. The van der Waals surface area contributed by atoms with Gasteiger partial charge in [0.25, 0.3) is 0 Å². The molecule has 0 atom stereocenters. The number of nitrogens with zero attached hydrogens (tertiary/aromatic N) is 2. The summed E-state index contributed by atoms with van der Waals surface area (Å²) in [6.45, 7) is 4.63. The second kappa shape index (κ2) is 6.34. The normalized spacial score (nSPS) is 9.56. The third-order valence-corrected chi connectivity index (χ3v) is 2.89. The molecule has 0 amide bonds. The first-order chi connectivity index (χ1) is 7.69. The number of benzene rings is 1. The largest absolute Gasteiger partial charge is 0.373 e. The van der Waals surface area contributed by atoms with Crippen LogP contribution in [0.15, 0.2) is 35.3 Å². The zero-order chi connectivity index (χ0) is 12.0. The van der Waals surface area contributed by atoms with Crippen molar-refractivity contribution >= 4 is 21.6 Å². The predicted molar refractivity (Wildman–Crippen MR) is 71.6 cm³/mol. The van der Waals surface area contributed by atoms with Crippen LogP contribution < -0.4 is 4.90 Å². The van der Waals surface area contributed by atoms with Crippen molar-refractivity contribution in [1.29, 1.82) is 5.26 Å². The maximum atomic E-state index is 9.02. The molecule has 0 spiro atoms. The highest BCUT2D eigenvalue weighted by Crippen LogP contribution is 2.24. The molecule has 3 heteroatoms. The molecule has 0 saturated heterocycles. The Bertz CT molecular complexity index is 407. The number of hydrogen-bond donors (Lipinski definition) is 0. The SMILES string of the molecule is C=CCCCN(C)c1cc(Br)ccc1C#N. The lowest BCUT2D eigenvalue weighted by Crippen LogP contribution is -2.19. The van der Waals surface area contributed by atoms with Gasteiger partial charge in [0, 0.05) is 18.1 Å². The lowest BCUT2D eigenvalue weighted by atomic mass is 10.1. The summed E-state index contributed by atoms with van der Waals surface area (Å²) in [6.07, 6.45) is 3.97. The molecular weight excluding hydrogens is 264 g/mol. The van der Waals surface area contributed by atoms with E-state index in [0.29, 0.717) is 5.56 Å². The maximum absolute atomic E-state index is 9.02. The zero-order valence-electron chi connectivity index (χ0n) is 9.41. The fourth-order valence-corrected chi connectivity index (χ4v) is 1.86. The number of rotatable bonds is 5. The minimum atomic E-state index is 0.712. The Balaban J connectivity index is 2.81. The van der Waals surface area contributed by atoms with Crippen molar-refractivity contribution in [1.82, 2.24) is 0 Å². The van der Waals surface area contributed by atoms with Crippen molar-refractivity contribution in [3.63, 3.8) is 0 Å². The van der Waals surface area contributed by atoms with E-state index in [1.54, 1.807) is 0 Å². The van der Waals surface area contributed by atoms with Gasteiger partial charge in [-0.1, -0.05) is 22.0 Å². The minimum absolute atomic E-state index is 0.712. The van der Waals surface area contributed by atoms with Crippen LogP contribution in [0.1, 0.15) is 18.4 Å². The highest BCUT2D eigenvalue weighted by atomic mass is 79.9. The predicted octanol–water partition coefficient (Wildman–Crippen LogP) is 3.72. The highest BCUT2D eigenvalue weighted by molar-refractivity contribution is 9.10. The molecule has 84 valence electrons. The molecule has 0 aliphatic carbocycles. The summed E-state index contributed by atoms with van der Waals surface area (Å²) < 4.78 is 0.997. The Kier molecular flexibility index (Phi) is 5.07.